The summed E-state index contributed by atoms with van der Waals surface area (Å²) in [5.41, 5.74) is 4.07. The number of aliphatic imine (C=N–C) groups is 1. The molecule has 0 atom stereocenters. The van der Waals surface area contributed by atoms with Crippen LogP contribution in [-0.4, -0.2) is 30.2 Å². The quantitative estimate of drug-likeness (QED) is 0.431. The molecule has 4 nitrogen and oxygen atoms in total. The lowest BCUT2D eigenvalue weighted by atomic mass is 10.1. The van der Waals surface area contributed by atoms with Crippen LogP contribution in [0.4, 0.5) is 13.2 Å². The van der Waals surface area contributed by atoms with Gasteiger partial charge >= 0.3 is 6.36 Å². The minimum atomic E-state index is -4.64. The molecular formula is C24H21ClF3NO3. The van der Waals surface area contributed by atoms with Crippen molar-refractivity contribution in [3.63, 3.8) is 0 Å². The van der Waals surface area contributed by atoms with Crippen molar-refractivity contribution < 1.29 is 27.8 Å². The Bertz CT molecular complexity index is 1010. The van der Waals surface area contributed by atoms with E-state index >= 15 is 0 Å². The van der Waals surface area contributed by atoms with Crippen LogP contribution in [0, 0.1) is 0 Å². The lowest BCUT2D eigenvalue weighted by molar-refractivity contribution is -0.274. The summed E-state index contributed by atoms with van der Waals surface area (Å²) >= 11 is 6.02. The summed E-state index contributed by atoms with van der Waals surface area (Å²) in [5, 5.41) is 7.71. The van der Waals surface area contributed by atoms with Crippen molar-refractivity contribution >= 4 is 23.8 Å². The van der Waals surface area contributed by atoms with Gasteiger partial charge in [0.1, 0.15) is 5.75 Å². The molecule has 0 fully saturated rings. The van der Waals surface area contributed by atoms with Crippen LogP contribution in [0.2, 0.25) is 5.02 Å². The average molecular weight is 464 g/mol. The zero-order chi connectivity index (χ0) is 23.4. The Labute approximate surface area is 189 Å². The first kappa shape index (κ1) is 24.9. The highest BCUT2D eigenvalue weighted by Crippen LogP contribution is 2.26. The third-order valence-electron chi connectivity index (χ3n) is 4.25. The van der Waals surface area contributed by atoms with E-state index < -0.39 is 6.36 Å². The maximum Gasteiger partial charge on any atom is 0.573 e. The molecule has 0 aromatic heterocycles. The number of hydrogen-bond donors (Lipinski definition) is 1. The summed E-state index contributed by atoms with van der Waals surface area (Å²) in [4.78, 5) is 12.8. The molecule has 0 bridgehead atoms. The Morgan fingerprint density at radius 3 is 2.00 bits per heavy atom. The molecule has 0 amide bonds. The largest absolute Gasteiger partial charge is 0.573 e. The molecule has 4 rings (SSSR count). The van der Waals surface area contributed by atoms with Crippen LogP contribution in [0.5, 0.6) is 5.75 Å². The first-order chi connectivity index (χ1) is 15.3. The second kappa shape index (κ2) is 12.5. The Morgan fingerprint density at radius 1 is 0.906 bits per heavy atom. The summed E-state index contributed by atoms with van der Waals surface area (Å²) in [6.45, 7) is 0.709. The van der Waals surface area contributed by atoms with Crippen LogP contribution in [0.25, 0.3) is 11.1 Å². The van der Waals surface area contributed by atoms with Crippen LogP contribution < -0.4 is 4.74 Å². The SMILES string of the molecule is Clc1ccccc1C1=NCCC1.FC(F)(F)Oc1ccc(-c2ccccc2)cc1.O=CO. The fourth-order valence-corrected chi connectivity index (χ4v) is 3.18. The molecule has 32 heavy (non-hydrogen) atoms. The average Bonchev–Trinajstić information content (AvgIpc) is 3.30. The lowest BCUT2D eigenvalue weighted by Gasteiger charge is -2.09. The minimum Gasteiger partial charge on any atom is -0.483 e. The van der Waals surface area contributed by atoms with Crippen molar-refractivity contribution in [1.29, 1.82) is 0 Å². The Morgan fingerprint density at radius 2 is 1.47 bits per heavy atom. The van der Waals surface area contributed by atoms with Crippen molar-refractivity contribution in [2.24, 2.45) is 4.99 Å². The van der Waals surface area contributed by atoms with Crippen LogP contribution >= 0.6 is 11.6 Å². The third-order valence-corrected chi connectivity index (χ3v) is 4.58. The first-order valence-corrected chi connectivity index (χ1v) is 9.99. The predicted octanol–water partition coefficient (Wildman–Crippen LogP) is 6.88. The highest BCUT2D eigenvalue weighted by atomic mass is 35.5. The molecule has 0 spiro atoms. The number of halogens is 4. The maximum absolute atomic E-state index is 11.9. The van der Waals surface area contributed by atoms with Crippen molar-refractivity contribution in [2.45, 2.75) is 19.2 Å². The van der Waals surface area contributed by atoms with E-state index in [9.17, 15) is 13.2 Å². The van der Waals surface area contributed by atoms with E-state index in [2.05, 4.69) is 9.73 Å². The van der Waals surface area contributed by atoms with Crippen LogP contribution in [0.3, 0.4) is 0 Å². The summed E-state index contributed by atoms with van der Waals surface area (Å²) in [7, 11) is 0. The van der Waals surface area contributed by atoms with E-state index in [4.69, 9.17) is 21.5 Å². The predicted molar refractivity (Wildman–Crippen MR) is 119 cm³/mol. The Balaban J connectivity index is 0.000000211. The molecular weight excluding hydrogens is 443 g/mol. The van der Waals surface area contributed by atoms with Crippen LogP contribution in [-0.2, 0) is 4.79 Å². The summed E-state index contributed by atoms with van der Waals surface area (Å²) < 4.78 is 39.6. The molecule has 168 valence electrons. The number of rotatable bonds is 3. The lowest BCUT2D eigenvalue weighted by Crippen LogP contribution is -2.16. The van der Waals surface area contributed by atoms with Crippen molar-refractivity contribution in [3.05, 3.63) is 89.4 Å². The molecule has 3 aromatic carbocycles. The molecule has 1 aliphatic heterocycles. The second-order valence-electron chi connectivity index (χ2n) is 6.46. The summed E-state index contributed by atoms with van der Waals surface area (Å²) in [5.74, 6) is -0.211. The molecule has 8 heteroatoms. The Kier molecular flexibility index (Phi) is 9.76. The molecule has 1 heterocycles. The number of carbonyl (C=O) groups is 1. The first-order valence-electron chi connectivity index (χ1n) is 9.61. The molecule has 0 unspecified atom stereocenters. The van der Waals surface area contributed by atoms with E-state index in [-0.39, 0.29) is 12.2 Å². The normalized spacial score (nSPS) is 12.4. The molecule has 0 aliphatic carbocycles. The zero-order valence-electron chi connectivity index (χ0n) is 16.9. The third kappa shape index (κ3) is 8.43. The molecule has 0 saturated carbocycles. The minimum absolute atomic E-state index is 0.211. The van der Waals surface area contributed by atoms with Crippen molar-refractivity contribution in [1.82, 2.24) is 0 Å². The van der Waals surface area contributed by atoms with Gasteiger partial charge in [-0.15, -0.1) is 13.2 Å². The smallest absolute Gasteiger partial charge is 0.483 e. The van der Waals surface area contributed by atoms with Gasteiger partial charge in [0.25, 0.3) is 6.47 Å². The van der Waals surface area contributed by atoms with E-state index in [0.717, 1.165) is 34.7 Å². The fourth-order valence-electron chi connectivity index (χ4n) is 2.93. The number of carboxylic acid groups (broad SMARTS) is 1. The van der Waals surface area contributed by atoms with E-state index in [1.165, 1.54) is 24.3 Å². The van der Waals surface area contributed by atoms with Crippen LogP contribution in [0.15, 0.2) is 83.9 Å². The van der Waals surface area contributed by atoms with Crippen LogP contribution in [0.1, 0.15) is 18.4 Å². The number of ether oxygens (including phenoxy) is 1. The van der Waals surface area contributed by atoms with Crippen molar-refractivity contribution in [2.75, 3.05) is 6.54 Å². The van der Waals surface area contributed by atoms with E-state index in [1.807, 2.05) is 54.6 Å². The van der Waals surface area contributed by atoms with Gasteiger partial charge < -0.3 is 9.84 Å². The van der Waals surface area contributed by atoms with Gasteiger partial charge in [-0.05, 0) is 42.2 Å². The molecule has 0 saturated heterocycles. The van der Waals surface area contributed by atoms with E-state index in [0.29, 0.717) is 0 Å². The molecule has 3 aromatic rings. The van der Waals surface area contributed by atoms with Gasteiger partial charge in [-0.1, -0.05) is 72.3 Å². The van der Waals surface area contributed by atoms with Gasteiger partial charge in [0.05, 0.1) is 0 Å². The number of alkyl halides is 3. The van der Waals surface area contributed by atoms with E-state index in [1.54, 1.807) is 12.1 Å². The second-order valence-corrected chi connectivity index (χ2v) is 6.86. The monoisotopic (exact) mass is 463 g/mol. The Hall–Kier alpha value is -3.32. The van der Waals surface area contributed by atoms with Gasteiger partial charge in [-0.25, -0.2) is 0 Å². The highest BCUT2D eigenvalue weighted by Gasteiger charge is 2.30. The number of nitrogens with zero attached hydrogens (tertiary/aromatic N) is 1. The van der Waals surface area contributed by atoms with Gasteiger partial charge in [-0.2, -0.15) is 0 Å². The van der Waals surface area contributed by atoms with Gasteiger partial charge in [0.2, 0.25) is 0 Å². The van der Waals surface area contributed by atoms with Gasteiger partial charge in [-0.3, -0.25) is 9.79 Å². The maximum atomic E-state index is 11.9. The molecule has 1 aliphatic rings. The molecule has 1 N–H and O–H groups in total. The summed E-state index contributed by atoms with van der Waals surface area (Å²) in [6.07, 6.45) is -2.40. The highest BCUT2D eigenvalue weighted by molar-refractivity contribution is 6.34. The number of benzene rings is 3. The number of hydrogen-bond acceptors (Lipinski definition) is 3. The molecule has 0 radical (unpaired) electrons. The van der Waals surface area contributed by atoms with Crippen molar-refractivity contribution in [3.8, 4) is 16.9 Å². The topological polar surface area (TPSA) is 58.9 Å². The standard InChI is InChI=1S/C13H9F3O.C10H10ClN.CH2O2/c14-13(15,16)17-12-8-6-11(7-9-12)10-4-2-1-3-5-10;11-9-5-2-1-4-8(9)10-6-3-7-12-10;2-1-3/h1-9H;1-2,4-5H,3,6-7H2;1H,(H,2,3). The zero-order valence-corrected chi connectivity index (χ0v) is 17.7. The summed E-state index contributed by atoms with van der Waals surface area (Å²) in [6, 6.07) is 23.1. The van der Waals surface area contributed by atoms with Gasteiger partial charge in [0.15, 0.2) is 0 Å². The van der Waals surface area contributed by atoms with Gasteiger partial charge in [0, 0.05) is 22.8 Å². The fraction of sp³-hybridized carbons (Fsp3) is 0.167.